The number of H-pyrrole nitrogens is 1. The van der Waals surface area contributed by atoms with E-state index in [-0.39, 0.29) is 17.9 Å². The zero-order valence-corrected chi connectivity index (χ0v) is 13.8. The first-order chi connectivity index (χ1) is 11.6. The highest BCUT2D eigenvalue weighted by Crippen LogP contribution is 2.39. The quantitative estimate of drug-likeness (QED) is 0.664. The molecule has 0 saturated carbocycles. The highest BCUT2D eigenvalue weighted by Gasteiger charge is 2.25. The van der Waals surface area contributed by atoms with Crippen LogP contribution in [-0.2, 0) is 4.74 Å². The van der Waals surface area contributed by atoms with E-state index in [1.165, 1.54) is 0 Å². The number of hydrogen-bond acceptors (Lipinski definition) is 3. The van der Waals surface area contributed by atoms with Gasteiger partial charge in [-0.05, 0) is 24.6 Å². The highest BCUT2D eigenvalue weighted by molar-refractivity contribution is 6.30. The average molecular weight is 342 g/mol. The minimum absolute atomic E-state index is 0.130. The minimum Gasteiger partial charge on any atom is -0.505 e. The third-order valence-electron chi connectivity index (χ3n) is 3.65. The van der Waals surface area contributed by atoms with Gasteiger partial charge < -0.3 is 14.8 Å². The van der Waals surface area contributed by atoms with Crippen LogP contribution in [0.4, 0.5) is 0 Å². The highest BCUT2D eigenvalue weighted by atomic mass is 35.5. The first kappa shape index (κ1) is 16.1. The Morgan fingerprint density at radius 1 is 1.04 bits per heavy atom. The lowest BCUT2D eigenvalue weighted by Gasteiger charge is -2.04. The first-order valence-electron chi connectivity index (χ1n) is 7.55. The van der Waals surface area contributed by atoms with Crippen molar-refractivity contribution in [2.45, 2.75) is 6.92 Å². The Balaban J connectivity index is 2.19. The van der Waals surface area contributed by atoms with E-state index in [1.54, 1.807) is 31.2 Å². The van der Waals surface area contributed by atoms with Crippen LogP contribution in [0.3, 0.4) is 0 Å². The van der Waals surface area contributed by atoms with Gasteiger partial charge in [-0.25, -0.2) is 4.79 Å². The summed E-state index contributed by atoms with van der Waals surface area (Å²) in [6.45, 7) is 1.96. The smallest absolute Gasteiger partial charge is 0.344 e. The molecule has 0 aliphatic carbocycles. The second-order valence-electron chi connectivity index (χ2n) is 5.19. The topological polar surface area (TPSA) is 62.3 Å². The van der Waals surface area contributed by atoms with Crippen molar-refractivity contribution in [2.75, 3.05) is 6.61 Å². The van der Waals surface area contributed by atoms with E-state index >= 15 is 0 Å². The van der Waals surface area contributed by atoms with Gasteiger partial charge in [0, 0.05) is 10.6 Å². The largest absolute Gasteiger partial charge is 0.505 e. The molecule has 0 aliphatic heterocycles. The summed E-state index contributed by atoms with van der Waals surface area (Å²) < 4.78 is 5.10. The van der Waals surface area contributed by atoms with Crippen LogP contribution < -0.4 is 0 Å². The Hall–Kier alpha value is -2.72. The molecule has 1 heterocycles. The van der Waals surface area contributed by atoms with Gasteiger partial charge in [-0.2, -0.15) is 0 Å². The number of aromatic amines is 1. The van der Waals surface area contributed by atoms with Crippen LogP contribution in [0.25, 0.3) is 22.5 Å². The summed E-state index contributed by atoms with van der Waals surface area (Å²) in [5, 5.41) is 11.2. The molecule has 0 bridgehead atoms. The first-order valence-corrected chi connectivity index (χ1v) is 7.93. The summed E-state index contributed by atoms with van der Waals surface area (Å²) in [7, 11) is 0. The van der Waals surface area contributed by atoms with E-state index in [0.29, 0.717) is 16.4 Å². The number of hydrogen-bond donors (Lipinski definition) is 2. The molecule has 24 heavy (non-hydrogen) atoms. The van der Waals surface area contributed by atoms with Crippen LogP contribution in [0, 0.1) is 0 Å². The number of benzene rings is 2. The standard InChI is InChI=1S/C19H16ClNO3/c1-2-24-19(23)15-16(12-6-4-3-5-7-12)21-17(18(15)22)13-8-10-14(20)11-9-13/h3-11,21-22H,2H2,1H3. The van der Waals surface area contributed by atoms with Crippen molar-refractivity contribution >= 4 is 17.6 Å². The number of halogens is 1. The van der Waals surface area contributed by atoms with Crippen LogP contribution in [-0.4, -0.2) is 22.7 Å². The van der Waals surface area contributed by atoms with E-state index < -0.39 is 5.97 Å². The lowest BCUT2D eigenvalue weighted by molar-refractivity contribution is 0.0524. The zero-order valence-electron chi connectivity index (χ0n) is 13.0. The summed E-state index contributed by atoms with van der Waals surface area (Å²) >= 11 is 5.92. The van der Waals surface area contributed by atoms with Gasteiger partial charge in [-0.3, -0.25) is 0 Å². The molecule has 2 aromatic carbocycles. The van der Waals surface area contributed by atoms with Gasteiger partial charge in [0.25, 0.3) is 0 Å². The van der Waals surface area contributed by atoms with Crippen LogP contribution >= 0.6 is 11.6 Å². The molecule has 0 fully saturated rings. The van der Waals surface area contributed by atoms with Crippen LogP contribution in [0.15, 0.2) is 54.6 Å². The number of carbonyl (C=O) groups is 1. The van der Waals surface area contributed by atoms with Gasteiger partial charge in [0.05, 0.1) is 18.0 Å². The number of ether oxygens (including phenoxy) is 1. The number of nitrogens with one attached hydrogen (secondary N) is 1. The predicted octanol–water partition coefficient (Wildman–Crippen LogP) is 4.88. The molecule has 0 radical (unpaired) electrons. The molecule has 0 spiro atoms. The van der Waals surface area contributed by atoms with Crippen molar-refractivity contribution in [1.29, 1.82) is 0 Å². The molecular formula is C19H16ClNO3. The summed E-state index contributed by atoms with van der Waals surface area (Å²) in [5.41, 5.74) is 2.62. The molecule has 122 valence electrons. The van der Waals surface area contributed by atoms with E-state index in [9.17, 15) is 9.90 Å². The molecule has 3 aromatic rings. The van der Waals surface area contributed by atoms with E-state index in [1.807, 2.05) is 30.3 Å². The Labute approximate surface area is 144 Å². The van der Waals surface area contributed by atoms with Crippen LogP contribution in [0.5, 0.6) is 5.75 Å². The number of rotatable bonds is 4. The summed E-state index contributed by atoms with van der Waals surface area (Å²) in [4.78, 5) is 15.5. The van der Waals surface area contributed by atoms with Crippen LogP contribution in [0.2, 0.25) is 5.02 Å². The van der Waals surface area contributed by atoms with E-state index in [0.717, 1.165) is 11.1 Å². The Bertz CT molecular complexity index is 854. The Morgan fingerprint density at radius 3 is 2.29 bits per heavy atom. The molecule has 1 aromatic heterocycles. The normalized spacial score (nSPS) is 10.6. The molecule has 0 unspecified atom stereocenters. The lowest BCUT2D eigenvalue weighted by Crippen LogP contribution is -2.05. The molecule has 0 aliphatic rings. The molecule has 0 atom stereocenters. The second-order valence-corrected chi connectivity index (χ2v) is 5.63. The third-order valence-corrected chi connectivity index (χ3v) is 3.90. The van der Waals surface area contributed by atoms with Gasteiger partial charge in [0.2, 0.25) is 0 Å². The molecule has 4 nitrogen and oxygen atoms in total. The van der Waals surface area contributed by atoms with E-state index in [4.69, 9.17) is 16.3 Å². The van der Waals surface area contributed by atoms with Crippen molar-refractivity contribution in [3.05, 3.63) is 65.2 Å². The van der Waals surface area contributed by atoms with Crippen molar-refractivity contribution in [2.24, 2.45) is 0 Å². The van der Waals surface area contributed by atoms with Crippen molar-refractivity contribution < 1.29 is 14.6 Å². The fourth-order valence-corrected chi connectivity index (χ4v) is 2.66. The maximum absolute atomic E-state index is 12.3. The fraction of sp³-hybridized carbons (Fsp3) is 0.105. The molecule has 2 N–H and O–H groups in total. The van der Waals surface area contributed by atoms with Crippen molar-refractivity contribution in [1.82, 2.24) is 4.98 Å². The van der Waals surface area contributed by atoms with Crippen molar-refractivity contribution in [3.63, 3.8) is 0 Å². The fourth-order valence-electron chi connectivity index (χ4n) is 2.54. The molecule has 5 heteroatoms. The van der Waals surface area contributed by atoms with Gasteiger partial charge in [-0.15, -0.1) is 0 Å². The number of aromatic hydroxyl groups is 1. The van der Waals surface area contributed by atoms with Crippen molar-refractivity contribution in [3.8, 4) is 28.3 Å². The molecular weight excluding hydrogens is 326 g/mol. The number of carbonyl (C=O) groups excluding carboxylic acids is 1. The third kappa shape index (κ3) is 3.01. The number of aromatic nitrogens is 1. The molecule has 0 amide bonds. The Morgan fingerprint density at radius 2 is 1.67 bits per heavy atom. The zero-order chi connectivity index (χ0) is 17.1. The summed E-state index contributed by atoms with van der Waals surface area (Å²) in [6, 6.07) is 16.3. The predicted molar refractivity (Wildman–Crippen MR) is 94.3 cm³/mol. The van der Waals surface area contributed by atoms with Gasteiger partial charge in [-0.1, -0.05) is 54.1 Å². The van der Waals surface area contributed by atoms with Gasteiger partial charge in [0.15, 0.2) is 5.75 Å². The van der Waals surface area contributed by atoms with E-state index in [2.05, 4.69) is 4.98 Å². The lowest BCUT2D eigenvalue weighted by atomic mass is 10.1. The average Bonchev–Trinajstić information content (AvgIpc) is 2.94. The minimum atomic E-state index is -0.565. The molecule has 0 saturated heterocycles. The maximum atomic E-state index is 12.3. The maximum Gasteiger partial charge on any atom is 0.344 e. The summed E-state index contributed by atoms with van der Waals surface area (Å²) in [6.07, 6.45) is 0. The van der Waals surface area contributed by atoms with Crippen LogP contribution in [0.1, 0.15) is 17.3 Å². The number of esters is 1. The second kappa shape index (κ2) is 6.81. The van der Waals surface area contributed by atoms with Gasteiger partial charge >= 0.3 is 5.97 Å². The molecule has 3 rings (SSSR count). The monoisotopic (exact) mass is 341 g/mol. The Kier molecular flexibility index (Phi) is 4.58. The van der Waals surface area contributed by atoms with Gasteiger partial charge in [0.1, 0.15) is 5.56 Å². The SMILES string of the molecule is CCOC(=O)c1c(-c2ccccc2)[nH]c(-c2ccc(Cl)cc2)c1O. The summed E-state index contributed by atoms with van der Waals surface area (Å²) in [5.74, 6) is -0.694.